The molecule has 0 saturated carbocycles. The highest BCUT2D eigenvalue weighted by atomic mass is 31.1. The molecule has 0 unspecified atom stereocenters. The Bertz CT molecular complexity index is 780. The summed E-state index contributed by atoms with van der Waals surface area (Å²) in [4.78, 5) is 13.3. The van der Waals surface area contributed by atoms with Gasteiger partial charge in [-0.15, -0.1) is 0 Å². The van der Waals surface area contributed by atoms with Crippen molar-refractivity contribution in [2.45, 2.75) is 48.5 Å². The van der Waals surface area contributed by atoms with Crippen LogP contribution in [0.3, 0.4) is 0 Å². The molecule has 0 atom stereocenters. The van der Waals surface area contributed by atoms with Gasteiger partial charge >= 0.3 is 0 Å². The van der Waals surface area contributed by atoms with Gasteiger partial charge in [0.1, 0.15) is 0 Å². The molecule has 0 fully saturated rings. The largest absolute Gasteiger partial charge is 0.289 e. The minimum absolute atomic E-state index is 0.0114. The summed E-state index contributed by atoms with van der Waals surface area (Å²) in [6.07, 6.45) is 0. The van der Waals surface area contributed by atoms with Crippen molar-refractivity contribution in [1.82, 2.24) is 0 Å². The summed E-state index contributed by atoms with van der Waals surface area (Å²) in [5, 5.41) is 0.800. The summed E-state index contributed by atoms with van der Waals surface area (Å²) >= 11 is 0. The number of hydrogen-bond acceptors (Lipinski definition) is 2. The second-order valence-corrected chi connectivity index (χ2v) is 7.05. The van der Waals surface area contributed by atoms with E-state index in [0.717, 1.165) is 55.4 Å². The van der Waals surface area contributed by atoms with Gasteiger partial charge in [0.25, 0.3) is 0 Å². The van der Waals surface area contributed by atoms with Crippen molar-refractivity contribution >= 4 is 19.5 Å². The van der Waals surface area contributed by atoms with E-state index >= 15 is 0 Å². The van der Waals surface area contributed by atoms with E-state index in [1.807, 2.05) is 48.5 Å². The molecular weight excluding hydrogens is 303 g/mol. The quantitative estimate of drug-likeness (QED) is 0.588. The van der Waals surface area contributed by atoms with E-state index in [-0.39, 0.29) is 14.2 Å². The second-order valence-electron chi connectivity index (χ2n) is 6.42. The second kappa shape index (κ2) is 6.37. The average Bonchev–Trinajstić information content (AvgIpc) is 2.45. The maximum Gasteiger partial charge on any atom is 0.194 e. The van der Waals surface area contributed by atoms with E-state index in [4.69, 9.17) is 0 Å². The Hall–Kier alpha value is -1.79. The van der Waals surface area contributed by atoms with Crippen LogP contribution in [-0.4, -0.2) is 5.78 Å². The van der Waals surface area contributed by atoms with Gasteiger partial charge in [-0.2, -0.15) is 0 Å². The molecule has 2 aromatic carbocycles. The standard InChI is InChI=1S/C20H23O2P/c1-10-8-11(2)17(12(3)9-10)19(21)18-13(4)15(6)20(23-22)16(7)14(18)5/h8-9H,1-7H3. The summed E-state index contributed by atoms with van der Waals surface area (Å²) in [5.41, 5.74) is 8.45. The van der Waals surface area contributed by atoms with Gasteiger partial charge in [-0.05, 0) is 81.8 Å². The van der Waals surface area contributed by atoms with Crippen LogP contribution in [0.25, 0.3) is 0 Å². The van der Waals surface area contributed by atoms with Gasteiger partial charge in [0, 0.05) is 16.4 Å². The Morgan fingerprint density at radius 2 is 1.17 bits per heavy atom. The van der Waals surface area contributed by atoms with Crippen molar-refractivity contribution in [2.75, 3.05) is 0 Å². The van der Waals surface area contributed by atoms with Gasteiger partial charge in [0.15, 0.2) is 14.2 Å². The summed E-state index contributed by atoms with van der Waals surface area (Å²) < 4.78 is 11.5. The Labute approximate surface area is 140 Å². The van der Waals surface area contributed by atoms with Crippen LogP contribution in [0.1, 0.15) is 54.9 Å². The van der Waals surface area contributed by atoms with Crippen LogP contribution in [0.5, 0.6) is 0 Å². The zero-order chi connectivity index (χ0) is 17.5. The predicted molar refractivity (Wildman–Crippen MR) is 96.7 cm³/mol. The zero-order valence-electron chi connectivity index (χ0n) is 14.9. The summed E-state index contributed by atoms with van der Waals surface area (Å²) in [6.45, 7) is 13.8. The third-order valence-electron chi connectivity index (χ3n) is 4.81. The van der Waals surface area contributed by atoms with Gasteiger partial charge in [-0.3, -0.25) is 9.36 Å². The molecule has 0 spiro atoms. The number of rotatable bonds is 3. The number of benzene rings is 2. The molecule has 2 aromatic rings. The van der Waals surface area contributed by atoms with Crippen LogP contribution in [0.4, 0.5) is 0 Å². The van der Waals surface area contributed by atoms with Crippen LogP contribution >= 0.6 is 8.46 Å². The molecule has 0 aliphatic rings. The Morgan fingerprint density at radius 3 is 1.57 bits per heavy atom. The predicted octanol–water partition coefficient (Wildman–Crippen LogP) is 4.99. The lowest BCUT2D eigenvalue weighted by Crippen LogP contribution is -2.17. The van der Waals surface area contributed by atoms with E-state index in [1.165, 1.54) is 0 Å². The van der Waals surface area contributed by atoms with Crippen molar-refractivity contribution in [3.8, 4) is 0 Å². The third kappa shape index (κ3) is 2.88. The molecule has 0 bridgehead atoms. The number of ketones is 1. The third-order valence-corrected chi connectivity index (χ3v) is 5.66. The lowest BCUT2D eigenvalue weighted by Gasteiger charge is -2.18. The molecule has 0 heterocycles. The Balaban J connectivity index is 2.78. The molecule has 0 saturated heterocycles. The van der Waals surface area contributed by atoms with Gasteiger partial charge in [-0.1, -0.05) is 17.7 Å². The van der Waals surface area contributed by atoms with E-state index in [0.29, 0.717) is 0 Å². The lowest BCUT2D eigenvalue weighted by molar-refractivity contribution is 0.103. The fourth-order valence-electron chi connectivity index (χ4n) is 3.43. The maximum absolute atomic E-state index is 13.3. The number of hydrogen-bond donors (Lipinski definition) is 0. The van der Waals surface area contributed by atoms with Crippen molar-refractivity contribution in [3.05, 3.63) is 62.2 Å². The minimum Gasteiger partial charge on any atom is -0.289 e. The van der Waals surface area contributed by atoms with E-state index < -0.39 is 0 Å². The molecular formula is C20H23O2P. The number of carbonyl (C=O) groups is 1. The van der Waals surface area contributed by atoms with E-state index in [2.05, 4.69) is 12.1 Å². The van der Waals surface area contributed by atoms with Crippen LogP contribution in [0.15, 0.2) is 12.1 Å². The smallest absolute Gasteiger partial charge is 0.194 e. The van der Waals surface area contributed by atoms with Crippen LogP contribution in [-0.2, 0) is 4.57 Å². The molecule has 0 radical (unpaired) electrons. The summed E-state index contributed by atoms with van der Waals surface area (Å²) in [6, 6.07) is 4.10. The van der Waals surface area contributed by atoms with Crippen molar-refractivity contribution in [3.63, 3.8) is 0 Å². The van der Waals surface area contributed by atoms with E-state index in [1.54, 1.807) is 0 Å². The van der Waals surface area contributed by atoms with Gasteiger partial charge in [-0.25, -0.2) is 0 Å². The lowest BCUT2D eigenvalue weighted by atomic mass is 9.86. The first-order chi connectivity index (χ1) is 10.7. The summed E-state index contributed by atoms with van der Waals surface area (Å²) in [7, 11) is 0.0114. The topological polar surface area (TPSA) is 34.1 Å². The Morgan fingerprint density at radius 1 is 0.739 bits per heavy atom. The first kappa shape index (κ1) is 17.6. The van der Waals surface area contributed by atoms with Gasteiger partial charge in [0.2, 0.25) is 0 Å². The molecule has 2 rings (SSSR count). The molecule has 0 aliphatic heterocycles. The van der Waals surface area contributed by atoms with Crippen molar-refractivity contribution in [1.29, 1.82) is 0 Å². The van der Waals surface area contributed by atoms with Crippen molar-refractivity contribution in [2.24, 2.45) is 0 Å². The first-order valence-electron chi connectivity index (χ1n) is 7.77. The first-order valence-corrected chi connectivity index (χ1v) is 8.58. The van der Waals surface area contributed by atoms with Gasteiger partial charge in [0.05, 0.1) is 0 Å². The molecule has 120 valence electrons. The van der Waals surface area contributed by atoms with Crippen molar-refractivity contribution < 1.29 is 9.36 Å². The fourth-order valence-corrected chi connectivity index (χ4v) is 4.04. The number of carbonyl (C=O) groups excluding carboxylic acids is 1. The molecule has 0 aromatic heterocycles. The van der Waals surface area contributed by atoms with Gasteiger partial charge < -0.3 is 0 Å². The zero-order valence-corrected chi connectivity index (χ0v) is 15.8. The molecule has 0 N–H and O–H groups in total. The maximum atomic E-state index is 13.3. The number of aryl methyl sites for hydroxylation is 3. The molecule has 3 heteroatoms. The molecule has 23 heavy (non-hydrogen) atoms. The van der Waals surface area contributed by atoms with Crippen LogP contribution in [0.2, 0.25) is 0 Å². The molecule has 2 nitrogen and oxygen atoms in total. The van der Waals surface area contributed by atoms with E-state index in [9.17, 15) is 9.36 Å². The monoisotopic (exact) mass is 326 g/mol. The molecule has 0 amide bonds. The average molecular weight is 326 g/mol. The minimum atomic E-state index is 0.0114. The fraction of sp³-hybridized carbons (Fsp3) is 0.350. The van der Waals surface area contributed by atoms with Crippen LogP contribution < -0.4 is 5.30 Å². The molecule has 0 aliphatic carbocycles. The Kier molecular flexibility index (Phi) is 4.87. The highest BCUT2D eigenvalue weighted by Gasteiger charge is 2.23. The normalized spacial score (nSPS) is 11.1. The highest BCUT2D eigenvalue weighted by Crippen LogP contribution is 2.28. The highest BCUT2D eigenvalue weighted by molar-refractivity contribution is 7.34. The SMILES string of the molecule is Cc1cc(C)c(C(=O)c2c(C)c(C)c(P=O)c(C)c2C)c(C)c1. The summed E-state index contributed by atoms with van der Waals surface area (Å²) in [5.74, 6) is 0.0651. The van der Waals surface area contributed by atoms with Crippen LogP contribution in [0, 0.1) is 48.5 Å².